The van der Waals surface area contributed by atoms with E-state index >= 15 is 0 Å². The first kappa shape index (κ1) is 14.3. The fraction of sp³-hybridized carbons (Fsp3) is 0.714. The van der Waals surface area contributed by atoms with Crippen LogP contribution in [-0.2, 0) is 0 Å². The van der Waals surface area contributed by atoms with Gasteiger partial charge in [0.05, 0.1) is 16.7 Å². The molecule has 2 rings (SSSR count). The Morgan fingerprint density at radius 2 is 2.00 bits per heavy atom. The number of aromatic nitrogens is 1. The van der Waals surface area contributed by atoms with Crippen molar-refractivity contribution in [2.45, 2.75) is 65.0 Å². The highest BCUT2D eigenvalue weighted by Gasteiger charge is 2.19. The van der Waals surface area contributed by atoms with Crippen LogP contribution in [0.1, 0.15) is 60.6 Å². The number of urea groups is 1. The number of carbonyl (C=O) groups is 1. The van der Waals surface area contributed by atoms with Crippen LogP contribution in [-0.4, -0.2) is 17.1 Å². The van der Waals surface area contributed by atoms with Crippen LogP contribution in [0, 0.1) is 13.8 Å². The maximum Gasteiger partial charge on any atom is 0.315 e. The zero-order valence-corrected chi connectivity index (χ0v) is 12.8. The Labute approximate surface area is 119 Å². The third kappa shape index (κ3) is 3.93. The molecule has 0 bridgehead atoms. The van der Waals surface area contributed by atoms with E-state index in [-0.39, 0.29) is 12.1 Å². The van der Waals surface area contributed by atoms with Crippen molar-refractivity contribution in [1.29, 1.82) is 0 Å². The minimum atomic E-state index is -0.0511. The second-order valence-electron chi connectivity index (χ2n) is 5.36. The van der Waals surface area contributed by atoms with Crippen molar-refractivity contribution in [2.24, 2.45) is 0 Å². The third-order valence-corrected chi connectivity index (χ3v) is 4.88. The molecule has 4 nitrogen and oxygen atoms in total. The van der Waals surface area contributed by atoms with Crippen molar-refractivity contribution in [3.8, 4) is 0 Å². The normalized spacial score (nSPS) is 18.1. The summed E-state index contributed by atoms with van der Waals surface area (Å²) in [6.45, 7) is 6.01. The molecule has 0 radical (unpaired) electrons. The van der Waals surface area contributed by atoms with Crippen LogP contribution in [0.4, 0.5) is 4.79 Å². The van der Waals surface area contributed by atoms with E-state index in [0.29, 0.717) is 6.04 Å². The Bertz CT molecular complexity index is 438. The molecule has 0 saturated heterocycles. The lowest BCUT2D eigenvalue weighted by Gasteiger charge is -2.24. The molecule has 0 aliphatic heterocycles. The van der Waals surface area contributed by atoms with E-state index in [2.05, 4.69) is 15.6 Å². The predicted octanol–water partition coefficient (Wildman–Crippen LogP) is 3.45. The molecule has 1 saturated carbocycles. The molecule has 2 N–H and O–H groups in total. The van der Waals surface area contributed by atoms with Gasteiger partial charge in [-0.3, -0.25) is 0 Å². The van der Waals surface area contributed by atoms with E-state index in [1.165, 1.54) is 19.3 Å². The monoisotopic (exact) mass is 281 g/mol. The number of nitrogens with zero attached hydrogens (tertiary/aromatic N) is 1. The number of rotatable bonds is 3. The fourth-order valence-corrected chi connectivity index (χ4v) is 3.61. The maximum atomic E-state index is 12.0. The zero-order chi connectivity index (χ0) is 13.8. The van der Waals surface area contributed by atoms with E-state index in [1.54, 1.807) is 11.3 Å². The number of nitrogens with one attached hydrogen (secondary N) is 2. The molecule has 1 unspecified atom stereocenters. The second-order valence-corrected chi connectivity index (χ2v) is 6.59. The summed E-state index contributed by atoms with van der Waals surface area (Å²) >= 11 is 1.66. The van der Waals surface area contributed by atoms with Gasteiger partial charge in [0, 0.05) is 10.9 Å². The molecule has 1 aliphatic rings. The Hall–Kier alpha value is -1.10. The Balaban J connectivity index is 1.86. The standard InChI is InChI=1S/C14H23N3OS/c1-9-13(19-11(3)15-9)10(2)16-14(18)17-12-7-5-4-6-8-12/h10,12H,4-8H2,1-3H3,(H2,16,17,18). The van der Waals surface area contributed by atoms with Gasteiger partial charge in [-0.25, -0.2) is 9.78 Å². The molecular formula is C14H23N3OS. The summed E-state index contributed by atoms with van der Waals surface area (Å²) in [6, 6.07) is 0.324. The van der Waals surface area contributed by atoms with Gasteiger partial charge in [0.25, 0.3) is 0 Å². The number of amides is 2. The van der Waals surface area contributed by atoms with Gasteiger partial charge in [-0.2, -0.15) is 0 Å². The first-order chi connectivity index (χ1) is 9.06. The van der Waals surface area contributed by atoms with Crippen molar-refractivity contribution in [1.82, 2.24) is 15.6 Å². The van der Waals surface area contributed by atoms with Crippen LogP contribution in [0.25, 0.3) is 0 Å². The number of carbonyl (C=O) groups excluding carboxylic acids is 1. The summed E-state index contributed by atoms with van der Waals surface area (Å²) in [4.78, 5) is 17.5. The molecule has 1 aromatic heterocycles. The summed E-state index contributed by atoms with van der Waals surface area (Å²) in [5, 5.41) is 7.15. The van der Waals surface area contributed by atoms with Crippen LogP contribution >= 0.6 is 11.3 Å². The summed E-state index contributed by atoms with van der Waals surface area (Å²) in [7, 11) is 0. The second kappa shape index (κ2) is 6.37. The molecule has 1 fully saturated rings. The van der Waals surface area contributed by atoms with Gasteiger partial charge in [-0.05, 0) is 33.6 Å². The Morgan fingerprint density at radius 3 is 2.58 bits per heavy atom. The highest BCUT2D eigenvalue weighted by molar-refractivity contribution is 7.11. The summed E-state index contributed by atoms with van der Waals surface area (Å²) < 4.78 is 0. The number of hydrogen-bond acceptors (Lipinski definition) is 3. The molecule has 1 atom stereocenters. The lowest BCUT2D eigenvalue weighted by atomic mass is 9.96. The molecule has 0 aromatic carbocycles. The van der Waals surface area contributed by atoms with Gasteiger partial charge >= 0.3 is 6.03 Å². The largest absolute Gasteiger partial charge is 0.335 e. The van der Waals surface area contributed by atoms with Crippen LogP contribution in [0.2, 0.25) is 0 Å². The lowest BCUT2D eigenvalue weighted by Crippen LogP contribution is -2.43. The molecule has 19 heavy (non-hydrogen) atoms. The van der Waals surface area contributed by atoms with E-state index in [1.807, 2.05) is 20.8 Å². The number of hydrogen-bond donors (Lipinski definition) is 2. The highest BCUT2D eigenvalue weighted by atomic mass is 32.1. The average molecular weight is 281 g/mol. The molecule has 106 valence electrons. The number of aryl methyl sites for hydroxylation is 2. The minimum Gasteiger partial charge on any atom is -0.335 e. The topological polar surface area (TPSA) is 54.0 Å². The third-order valence-electron chi connectivity index (χ3n) is 3.62. The van der Waals surface area contributed by atoms with Gasteiger partial charge < -0.3 is 10.6 Å². The SMILES string of the molecule is Cc1nc(C)c(C(C)NC(=O)NC2CCCCC2)s1. The first-order valence-corrected chi connectivity index (χ1v) is 7.89. The van der Waals surface area contributed by atoms with E-state index < -0.39 is 0 Å². The van der Waals surface area contributed by atoms with Gasteiger partial charge in [-0.15, -0.1) is 11.3 Å². The van der Waals surface area contributed by atoms with Crippen molar-refractivity contribution in [2.75, 3.05) is 0 Å². The number of thiazole rings is 1. The Kier molecular flexibility index (Phi) is 4.80. The van der Waals surface area contributed by atoms with Crippen LogP contribution in [0.15, 0.2) is 0 Å². The molecule has 2 amide bonds. The molecular weight excluding hydrogens is 258 g/mol. The summed E-state index contributed by atoms with van der Waals surface area (Å²) in [5.41, 5.74) is 1.02. The van der Waals surface area contributed by atoms with Gasteiger partial charge in [0.1, 0.15) is 0 Å². The van der Waals surface area contributed by atoms with Crippen molar-refractivity contribution >= 4 is 17.4 Å². The molecule has 1 heterocycles. The van der Waals surface area contributed by atoms with Crippen molar-refractivity contribution in [3.05, 3.63) is 15.6 Å². The van der Waals surface area contributed by atoms with Crippen molar-refractivity contribution < 1.29 is 4.79 Å². The highest BCUT2D eigenvalue weighted by Crippen LogP contribution is 2.24. The quantitative estimate of drug-likeness (QED) is 0.891. The minimum absolute atomic E-state index is 0.0230. The van der Waals surface area contributed by atoms with E-state index in [0.717, 1.165) is 28.4 Å². The van der Waals surface area contributed by atoms with Gasteiger partial charge in [0.2, 0.25) is 0 Å². The first-order valence-electron chi connectivity index (χ1n) is 7.07. The van der Waals surface area contributed by atoms with Crippen molar-refractivity contribution in [3.63, 3.8) is 0 Å². The molecule has 1 aromatic rings. The zero-order valence-electron chi connectivity index (χ0n) is 12.0. The van der Waals surface area contributed by atoms with Crippen LogP contribution in [0.3, 0.4) is 0 Å². The molecule has 0 spiro atoms. The fourth-order valence-electron chi connectivity index (χ4n) is 2.68. The van der Waals surface area contributed by atoms with Gasteiger partial charge in [0.15, 0.2) is 0 Å². The molecule has 1 aliphatic carbocycles. The van der Waals surface area contributed by atoms with E-state index in [4.69, 9.17) is 0 Å². The maximum absolute atomic E-state index is 12.0. The Morgan fingerprint density at radius 1 is 1.32 bits per heavy atom. The lowest BCUT2D eigenvalue weighted by molar-refractivity contribution is 0.230. The van der Waals surface area contributed by atoms with Crippen LogP contribution in [0.5, 0.6) is 0 Å². The smallest absolute Gasteiger partial charge is 0.315 e. The summed E-state index contributed by atoms with van der Waals surface area (Å²) in [6.07, 6.45) is 5.98. The van der Waals surface area contributed by atoms with Gasteiger partial charge in [-0.1, -0.05) is 19.3 Å². The summed E-state index contributed by atoms with van der Waals surface area (Å²) in [5.74, 6) is 0. The van der Waals surface area contributed by atoms with Crippen LogP contribution < -0.4 is 10.6 Å². The van der Waals surface area contributed by atoms with E-state index in [9.17, 15) is 4.79 Å². The molecule has 5 heteroatoms. The predicted molar refractivity (Wildman–Crippen MR) is 78.5 cm³/mol. The average Bonchev–Trinajstić information content (AvgIpc) is 2.69.